The molecule has 0 aromatic carbocycles. The predicted molar refractivity (Wildman–Crippen MR) is 64.2 cm³/mol. The van der Waals surface area contributed by atoms with Crippen molar-refractivity contribution < 1.29 is 14.6 Å². The number of rotatable bonds is 7. The molecule has 4 nitrogen and oxygen atoms in total. The zero-order valence-corrected chi connectivity index (χ0v) is 11.1. The predicted octanol–water partition coefficient (Wildman–Crippen LogP) is 1.42. The van der Waals surface area contributed by atoms with Gasteiger partial charge in [0.05, 0.1) is 12.7 Å². The molecular formula is C12H25NO3. The van der Waals surface area contributed by atoms with Crippen LogP contribution in [0, 0.1) is 0 Å². The lowest BCUT2D eigenvalue weighted by Gasteiger charge is -2.31. The lowest BCUT2D eigenvalue weighted by atomic mass is 10.1. The van der Waals surface area contributed by atoms with Gasteiger partial charge in [-0.3, -0.25) is 4.79 Å². The first-order chi connectivity index (χ1) is 7.40. The van der Waals surface area contributed by atoms with E-state index in [4.69, 9.17) is 4.74 Å². The van der Waals surface area contributed by atoms with Crippen molar-refractivity contribution in [1.29, 1.82) is 0 Å². The van der Waals surface area contributed by atoms with E-state index in [-0.39, 0.29) is 24.6 Å². The first kappa shape index (κ1) is 15.4. The van der Waals surface area contributed by atoms with E-state index >= 15 is 0 Å². The maximum atomic E-state index is 11.9. The summed E-state index contributed by atoms with van der Waals surface area (Å²) in [6, 6.07) is 0.402. The molecule has 1 N–H and O–H groups in total. The minimum absolute atomic E-state index is 0.0974. The number of nitrogens with zero attached hydrogens (tertiary/aromatic N) is 1. The van der Waals surface area contributed by atoms with Crippen molar-refractivity contribution >= 4 is 5.91 Å². The molecular weight excluding hydrogens is 206 g/mol. The van der Waals surface area contributed by atoms with Crippen LogP contribution in [0.15, 0.2) is 0 Å². The van der Waals surface area contributed by atoms with Crippen LogP contribution < -0.4 is 0 Å². The molecule has 0 aromatic heterocycles. The molecule has 96 valence electrons. The minimum atomic E-state index is -0.546. The monoisotopic (exact) mass is 231 g/mol. The van der Waals surface area contributed by atoms with Crippen LogP contribution in [-0.2, 0) is 9.53 Å². The highest BCUT2D eigenvalue weighted by Gasteiger charge is 2.20. The van der Waals surface area contributed by atoms with Gasteiger partial charge < -0.3 is 14.7 Å². The van der Waals surface area contributed by atoms with Crippen molar-refractivity contribution in [3.8, 4) is 0 Å². The van der Waals surface area contributed by atoms with E-state index < -0.39 is 6.10 Å². The number of carbonyl (C=O) groups excluding carboxylic acids is 1. The topological polar surface area (TPSA) is 49.8 Å². The van der Waals surface area contributed by atoms with Crippen LogP contribution in [0.5, 0.6) is 0 Å². The Kier molecular flexibility index (Phi) is 7.34. The first-order valence-electron chi connectivity index (χ1n) is 5.88. The van der Waals surface area contributed by atoms with Crippen LogP contribution in [0.3, 0.4) is 0 Å². The Bertz CT molecular complexity index is 196. The van der Waals surface area contributed by atoms with Crippen molar-refractivity contribution in [2.24, 2.45) is 0 Å². The van der Waals surface area contributed by atoms with Gasteiger partial charge in [0.25, 0.3) is 0 Å². The number of aliphatic hydroxyl groups is 1. The highest BCUT2D eigenvalue weighted by Crippen LogP contribution is 2.10. The molecule has 0 saturated heterocycles. The molecule has 0 bridgehead atoms. The lowest BCUT2D eigenvalue weighted by molar-refractivity contribution is -0.135. The number of hydrogen-bond acceptors (Lipinski definition) is 3. The Balaban J connectivity index is 4.11. The average molecular weight is 231 g/mol. The van der Waals surface area contributed by atoms with Gasteiger partial charge in [-0.15, -0.1) is 0 Å². The summed E-state index contributed by atoms with van der Waals surface area (Å²) in [6.45, 7) is 8.30. The first-order valence-corrected chi connectivity index (χ1v) is 5.88. The molecule has 1 amide bonds. The minimum Gasteiger partial charge on any atom is -0.391 e. The molecule has 1 unspecified atom stereocenters. The number of carbonyl (C=O) groups is 1. The van der Waals surface area contributed by atoms with Gasteiger partial charge in [0, 0.05) is 25.6 Å². The Morgan fingerprint density at radius 3 is 2.12 bits per heavy atom. The summed E-state index contributed by atoms with van der Waals surface area (Å²) in [6.07, 6.45) is 0.291. The highest BCUT2D eigenvalue weighted by molar-refractivity contribution is 5.76. The van der Waals surface area contributed by atoms with Gasteiger partial charge in [0.2, 0.25) is 5.91 Å². The van der Waals surface area contributed by atoms with Gasteiger partial charge in [0.1, 0.15) is 0 Å². The van der Waals surface area contributed by atoms with E-state index in [0.717, 1.165) is 0 Å². The standard InChI is InChI=1S/C12H25NO3/c1-9(2)13(10(3)4)12(15)7-6-11(14)8-16-5/h9-11,14H,6-8H2,1-5H3. The Labute approximate surface area is 98.6 Å². The third-order valence-electron chi connectivity index (χ3n) is 2.45. The molecule has 0 rings (SSSR count). The maximum absolute atomic E-state index is 11.9. The normalized spacial score (nSPS) is 13.2. The fraction of sp³-hybridized carbons (Fsp3) is 0.917. The molecule has 0 spiro atoms. The summed E-state index contributed by atoms with van der Waals surface area (Å²) in [7, 11) is 1.54. The van der Waals surface area contributed by atoms with E-state index in [2.05, 4.69) is 0 Å². The smallest absolute Gasteiger partial charge is 0.223 e. The summed E-state index contributed by atoms with van der Waals surface area (Å²) >= 11 is 0. The third-order valence-corrected chi connectivity index (χ3v) is 2.45. The van der Waals surface area contributed by atoms with E-state index in [1.165, 1.54) is 0 Å². The van der Waals surface area contributed by atoms with Gasteiger partial charge >= 0.3 is 0 Å². The molecule has 0 radical (unpaired) electrons. The van der Waals surface area contributed by atoms with Crippen molar-refractivity contribution in [1.82, 2.24) is 4.90 Å². The summed E-state index contributed by atoms with van der Waals surface area (Å²) in [5, 5.41) is 9.46. The second kappa shape index (κ2) is 7.63. The van der Waals surface area contributed by atoms with Crippen molar-refractivity contribution in [2.75, 3.05) is 13.7 Å². The molecule has 0 fully saturated rings. The Hall–Kier alpha value is -0.610. The number of ether oxygens (including phenoxy) is 1. The second-order valence-corrected chi connectivity index (χ2v) is 4.64. The lowest BCUT2D eigenvalue weighted by Crippen LogP contribution is -2.42. The Morgan fingerprint density at radius 2 is 1.75 bits per heavy atom. The van der Waals surface area contributed by atoms with Gasteiger partial charge in [0.15, 0.2) is 0 Å². The number of aliphatic hydroxyl groups excluding tert-OH is 1. The largest absolute Gasteiger partial charge is 0.391 e. The molecule has 0 aliphatic carbocycles. The highest BCUT2D eigenvalue weighted by atomic mass is 16.5. The SMILES string of the molecule is COCC(O)CCC(=O)N(C(C)C)C(C)C. The van der Waals surface area contributed by atoms with Gasteiger partial charge in [-0.2, -0.15) is 0 Å². The second-order valence-electron chi connectivity index (χ2n) is 4.64. The van der Waals surface area contributed by atoms with Crippen LogP contribution in [0.25, 0.3) is 0 Å². The summed E-state index contributed by atoms with van der Waals surface area (Å²) < 4.78 is 4.82. The molecule has 16 heavy (non-hydrogen) atoms. The molecule has 0 saturated carbocycles. The van der Waals surface area contributed by atoms with E-state index in [1.54, 1.807) is 7.11 Å². The van der Waals surface area contributed by atoms with Crippen molar-refractivity contribution in [2.45, 2.75) is 58.7 Å². The number of methoxy groups -OCH3 is 1. The van der Waals surface area contributed by atoms with Gasteiger partial charge in [-0.05, 0) is 34.1 Å². The summed E-state index contributed by atoms with van der Waals surface area (Å²) in [5.74, 6) is 0.0974. The van der Waals surface area contributed by atoms with Crippen LogP contribution in [0.1, 0.15) is 40.5 Å². The zero-order chi connectivity index (χ0) is 12.7. The van der Waals surface area contributed by atoms with Crippen molar-refractivity contribution in [3.63, 3.8) is 0 Å². The molecule has 1 atom stereocenters. The van der Waals surface area contributed by atoms with Crippen molar-refractivity contribution in [3.05, 3.63) is 0 Å². The quantitative estimate of drug-likeness (QED) is 0.721. The maximum Gasteiger partial charge on any atom is 0.223 e. The molecule has 0 heterocycles. The number of amides is 1. The average Bonchev–Trinajstić information content (AvgIpc) is 2.14. The van der Waals surface area contributed by atoms with E-state index in [1.807, 2.05) is 32.6 Å². The zero-order valence-electron chi connectivity index (χ0n) is 11.1. The fourth-order valence-corrected chi connectivity index (χ4v) is 1.87. The molecule has 4 heteroatoms. The molecule has 0 aliphatic rings. The van der Waals surface area contributed by atoms with Crippen LogP contribution in [0.4, 0.5) is 0 Å². The van der Waals surface area contributed by atoms with Crippen LogP contribution in [-0.4, -0.2) is 47.8 Å². The van der Waals surface area contributed by atoms with Crippen LogP contribution >= 0.6 is 0 Å². The fourth-order valence-electron chi connectivity index (χ4n) is 1.87. The van der Waals surface area contributed by atoms with E-state index in [9.17, 15) is 9.90 Å². The summed E-state index contributed by atoms with van der Waals surface area (Å²) in [5.41, 5.74) is 0. The molecule has 0 aromatic rings. The van der Waals surface area contributed by atoms with Gasteiger partial charge in [-0.25, -0.2) is 0 Å². The molecule has 0 aliphatic heterocycles. The Morgan fingerprint density at radius 1 is 1.25 bits per heavy atom. The third kappa shape index (κ3) is 5.47. The number of hydrogen-bond donors (Lipinski definition) is 1. The summed E-state index contributed by atoms with van der Waals surface area (Å²) in [4.78, 5) is 13.8. The van der Waals surface area contributed by atoms with E-state index in [0.29, 0.717) is 12.8 Å². The van der Waals surface area contributed by atoms with Gasteiger partial charge in [-0.1, -0.05) is 0 Å². The van der Waals surface area contributed by atoms with Crippen LogP contribution in [0.2, 0.25) is 0 Å².